The van der Waals surface area contributed by atoms with Crippen LogP contribution in [0.2, 0.25) is 0 Å². The minimum absolute atomic E-state index is 0.537. The van der Waals surface area contributed by atoms with Crippen LogP contribution in [-0.2, 0) is 5.54 Å². The molecule has 2 rings (SSSR count). The minimum atomic E-state index is -0.537. The van der Waals surface area contributed by atoms with Crippen LogP contribution in [0, 0.1) is 0 Å². The van der Waals surface area contributed by atoms with E-state index in [1.807, 2.05) is 30.4 Å². The molecule has 84 valence electrons. The minimum Gasteiger partial charge on any atom is -0.399 e. The quantitative estimate of drug-likeness (QED) is 0.521. The van der Waals surface area contributed by atoms with Crippen LogP contribution >= 0.6 is 0 Å². The summed E-state index contributed by atoms with van der Waals surface area (Å²) < 4.78 is 0. The molecule has 0 bridgehead atoms. The Balaban J connectivity index is 2.38. The van der Waals surface area contributed by atoms with Crippen LogP contribution in [0.5, 0.6) is 0 Å². The van der Waals surface area contributed by atoms with Crippen molar-refractivity contribution in [2.24, 2.45) is 11.5 Å². The lowest BCUT2D eigenvalue weighted by Crippen LogP contribution is -2.35. The Hall–Kier alpha value is -1.94. The summed E-state index contributed by atoms with van der Waals surface area (Å²) in [6.07, 6.45) is 6.29. The van der Waals surface area contributed by atoms with Crippen LogP contribution in [0.4, 0.5) is 11.4 Å². The molecular weight excluding hydrogens is 200 g/mol. The summed E-state index contributed by atoms with van der Waals surface area (Å²) in [5, 5.41) is 0. The number of rotatable bonds is 1. The molecule has 8 N–H and O–H groups in total. The monoisotopic (exact) mass is 216 g/mol. The van der Waals surface area contributed by atoms with E-state index in [0.717, 1.165) is 11.3 Å². The van der Waals surface area contributed by atoms with E-state index in [0.29, 0.717) is 17.8 Å². The Kier molecular flexibility index (Phi) is 2.36. The Labute approximate surface area is 94.6 Å². The van der Waals surface area contributed by atoms with Crippen molar-refractivity contribution in [3.05, 3.63) is 47.7 Å². The van der Waals surface area contributed by atoms with Gasteiger partial charge in [0.2, 0.25) is 0 Å². The average Bonchev–Trinajstić information content (AvgIpc) is 2.26. The molecule has 0 radical (unpaired) electrons. The average molecular weight is 216 g/mol. The molecule has 1 aromatic carbocycles. The van der Waals surface area contributed by atoms with Gasteiger partial charge >= 0.3 is 0 Å². The van der Waals surface area contributed by atoms with Gasteiger partial charge in [-0.25, -0.2) is 0 Å². The lowest BCUT2D eigenvalue weighted by Gasteiger charge is -2.28. The molecule has 16 heavy (non-hydrogen) atoms. The number of anilines is 2. The highest BCUT2D eigenvalue weighted by Crippen LogP contribution is 2.30. The van der Waals surface area contributed by atoms with Crippen molar-refractivity contribution in [3.63, 3.8) is 0 Å². The number of hydrogen-bond donors (Lipinski definition) is 4. The number of nitrogens with two attached hydrogens (primary N) is 4. The van der Waals surface area contributed by atoms with Crippen molar-refractivity contribution in [1.82, 2.24) is 0 Å². The maximum absolute atomic E-state index is 6.28. The summed E-state index contributed by atoms with van der Waals surface area (Å²) in [5.41, 5.74) is 25.6. The molecule has 1 unspecified atom stereocenters. The van der Waals surface area contributed by atoms with Gasteiger partial charge in [-0.1, -0.05) is 18.2 Å². The van der Waals surface area contributed by atoms with Crippen LogP contribution in [0.25, 0.3) is 0 Å². The van der Waals surface area contributed by atoms with Gasteiger partial charge in [0.25, 0.3) is 0 Å². The summed E-state index contributed by atoms with van der Waals surface area (Å²) in [7, 11) is 0. The summed E-state index contributed by atoms with van der Waals surface area (Å²) in [6.45, 7) is 0. The first kappa shape index (κ1) is 10.6. The van der Waals surface area contributed by atoms with Crippen LogP contribution in [0.15, 0.2) is 42.1 Å². The van der Waals surface area contributed by atoms with Crippen LogP contribution in [-0.4, -0.2) is 0 Å². The summed E-state index contributed by atoms with van der Waals surface area (Å²) in [5.74, 6) is 0. The first-order chi connectivity index (χ1) is 7.51. The summed E-state index contributed by atoms with van der Waals surface area (Å²) in [4.78, 5) is 0. The van der Waals surface area contributed by atoms with E-state index in [4.69, 9.17) is 22.9 Å². The zero-order valence-electron chi connectivity index (χ0n) is 8.98. The second-order valence-electron chi connectivity index (χ2n) is 4.13. The number of benzene rings is 1. The Morgan fingerprint density at radius 2 is 1.81 bits per heavy atom. The highest BCUT2D eigenvalue weighted by molar-refractivity contribution is 5.65. The maximum atomic E-state index is 6.28. The van der Waals surface area contributed by atoms with Crippen LogP contribution in [0.3, 0.4) is 0 Å². The highest BCUT2D eigenvalue weighted by Gasteiger charge is 2.25. The van der Waals surface area contributed by atoms with Crippen molar-refractivity contribution in [3.8, 4) is 0 Å². The topological polar surface area (TPSA) is 104 Å². The van der Waals surface area contributed by atoms with E-state index in [1.165, 1.54) is 0 Å². The standard InChI is InChI=1S/C12H16N4/c13-9-3-5-12(16,6-4-9)8-1-2-10(14)11(15)7-8/h1-5,7H,6,13-16H2. The van der Waals surface area contributed by atoms with Gasteiger partial charge in [0, 0.05) is 5.70 Å². The molecule has 1 aliphatic rings. The SMILES string of the molecule is NC1=CCC(N)(c2ccc(N)c(N)c2)C=C1. The molecule has 4 heteroatoms. The molecule has 1 atom stereocenters. The predicted molar refractivity (Wildman–Crippen MR) is 67.2 cm³/mol. The summed E-state index contributed by atoms with van der Waals surface area (Å²) in [6, 6.07) is 5.48. The maximum Gasteiger partial charge on any atom is 0.0635 e. The molecule has 0 amide bonds. The summed E-state index contributed by atoms with van der Waals surface area (Å²) >= 11 is 0. The third kappa shape index (κ3) is 1.75. The molecule has 0 spiro atoms. The molecular formula is C12H16N4. The van der Waals surface area contributed by atoms with Crippen LogP contribution in [0.1, 0.15) is 12.0 Å². The number of allylic oxidation sites excluding steroid dienone is 1. The van der Waals surface area contributed by atoms with Crippen molar-refractivity contribution >= 4 is 11.4 Å². The predicted octanol–water partition coefficient (Wildman–Crippen LogP) is 0.808. The van der Waals surface area contributed by atoms with E-state index in [2.05, 4.69) is 0 Å². The molecule has 4 nitrogen and oxygen atoms in total. The molecule has 0 saturated heterocycles. The fraction of sp³-hybridized carbons (Fsp3) is 0.167. The van der Waals surface area contributed by atoms with E-state index >= 15 is 0 Å². The van der Waals surface area contributed by atoms with Gasteiger partial charge in [-0.3, -0.25) is 0 Å². The Bertz CT molecular complexity index is 476. The van der Waals surface area contributed by atoms with Gasteiger partial charge in [-0.2, -0.15) is 0 Å². The molecule has 0 fully saturated rings. The van der Waals surface area contributed by atoms with E-state index < -0.39 is 5.54 Å². The van der Waals surface area contributed by atoms with Gasteiger partial charge < -0.3 is 22.9 Å². The molecule has 1 aromatic rings. The second-order valence-corrected chi connectivity index (χ2v) is 4.13. The van der Waals surface area contributed by atoms with Gasteiger partial charge in [-0.05, 0) is 30.2 Å². The first-order valence-corrected chi connectivity index (χ1v) is 5.10. The first-order valence-electron chi connectivity index (χ1n) is 5.10. The zero-order chi connectivity index (χ0) is 11.8. The molecule has 0 aliphatic heterocycles. The molecule has 0 heterocycles. The normalized spacial score (nSPS) is 24.2. The van der Waals surface area contributed by atoms with Crippen molar-refractivity contribution < 1.29 is 0 Å². The van der Waals surface area contributed by atoms with E-state index in [-0.39, 0.29) is 0 Å². The second kappa shape index (κ2) is 3.57. The number of nitrogen functional groups attached to an aromatic ring is 2. The lowest BCUT2D eigenvalue weighted by molar-refractivity contribution is 0.562. The molecule has 0 aromatic heterocycles. The number of hydrogen-bond acceptors (Lipinski definition) is 4. The smallest absolute Gasteiger partial charge is 0.0635 e. The van der Waals surface area contributed by atoms with Crippen LogP contribution < -0.4 is 22.9 Å². The zero-order valence-corrected chi connectivity index (χ0v) is 8.98. The van der Waals surface area contributed by atoms with Gasteiger partial charge in [-0.15, -0.1) is 0 Å². The highest BCUT2D eigenvalue weighted by atomic mass is 14.7. The molecule has 1 aliphatic carbocycles. The van der Waals surface area contributed by atoms with Gasteiger partial charge in [0.05, 0.1) is 16.9 Å². The lowest BCUT2D eigenvalue weighted by atomic mass is 9.84. The van der Waals surface area contributed by atoms with Crippen molar-refractivity contribution in [2.75, 3.05) is 11.5 Å². The van der Waals surface area contributed by atoms with E-state index in [9.17, 15) is 0 Å². The van der Waals surface area contributed by atoms with Crippen molar-refractivity contribution in [1.29, 1.82) is 0 Å². The fourth-order valence-electron chi connectivity index (χ4n) is 1.75. The van der Waals surface area contributed by atoms with Gasteiger partial charge in [0.1, 0.15) is 0 Å². The Morgan fingerprint density at radius 3 is 2.38 bits per heavy atom. The van der Waals surface area contributed by atoms with E-state index in [1.54, 1.807) is 6.07 Å². The fourth-order valence-corrected chi connectivity index (χ4v) is 1.75. The largest absolute Gasteiger partial charge is 0.399 e. The third-order valence-corrected chi connectivity index (χ3v) is 2.87. The van der Waals surface area contributed by atoms with Gasteiger partial charge in [0.15, 0.2) is 0 Å². The molecule has 0 saturated carbocycles. The van der Waals surface area contributed by atoms with Crippen molar-refractivity contribution in [2.45, 2.75) is 12.0 Å². The Morgan fingerprint density at radius 1 is 1.06 bits per heavy atom. The third-order valence-electron chi connectivity index (χ3n) is 2.87.